The van der Waals surface area contributed by atoms with Crippen LogP contribution >= 0.6 is 0 Å². The van der Waals surface area contributed by atoms with E-state index >= 15 is 0 Å². The van der Waals surface area contributed by atoms with Crippen molar-refractivity contribution in [3.63, 3.8) is 0 Å². The highest BCUT2D eigenvalue weighted by Crippen LogP contribution is 2.25. The van der Waals surface area contributed by atoms with Crippen LogP contribution in [0.5, 0.6) is 5.75 Å². The number of rotatable bonds is 5. The van der Waals surface area contributed by atoms with Crippen LogP contribution in [0.4, 0.5) is 5.69 Å². The van der Waals surface area contributed by atoms with Crippen LogP contribution in [0, 0.1) is 6.92 Å². The van der Waals surface area contributed by atoms with E-state index in [1.165, 1.54) is 10.5 Å². The van der Waals surface area contributed by atoms with Crippen LogP contribution in [-0.4, -0.2) is 15.3 Å². The van der Waals surface area contributed by atoms with Crippen molar-refractivity contribution in [3.8, 4) is 5.75 Å². The minimum atomic E-state index is -0.219. The molecule has 1 amide bonds. The minimum Gasteiger partial charge on any atom is -0.485 e. The minimum absolute atomic E-state index is 0.109. The molecule has 0 spiro atoms. The lowest BCUT2D eigenvalue weighted by Gasteiger charge is -2.12. The predicted molar refractivity (Wildman–Crippen MR) is 111 cm³/mol. The van der Waals surface area contributed by atoms with Gasteiger partial charge in [0.05, 0.1) is 11.4 Å². The van der Waals surface area contributed by atoms with Gasteiger partial charge >= 0.3 is 0 Å². The SMILES string of the molecule is Cc1ccc(C(=O)Nc2ccccc2OCc2cc(=O)n3ccccc3n2)cc1. The highest BCUT2D eigenvalue weighted by Gasteiger charge is 2.10. The van der Waals surface area contributed by atoms with Crippen molar-refractivity contribution in [3.05, 3.63) is 106 Å². The summed E-state index contributed by atoms with van der Waals surface area (Å²) >= 11 is 0. The van der Waals surface area contributed by atoms with E-state index in [0.717, 1.165) is 5.56 Å². The number of nitrogens with zero attached hydrogens (tertiary/aromatic N) is 2. The van der Waals surface area contributed by atoms with Gasteiger partial charge in [-0.3, -0.25) is 14.0 Å². The van der Waals surface area contributed by atoms with Crippen molar-refractivity contribution in [1.82, 2.24) is 9.38 Å². The Morgan fingerprint density at radius 1 is 1.03 bits per heavy atom. The zero-order valence-electron chi connectivity index (χ0n) is 15.8. The Kier molecular flexibility index (Phi) is 5.07. The lowest BCUT2D eigenvalue weighted by molar-refractivity contribution is 0.102. The Balaban J connectivity index is 1.52. The molecule has 0 bridgehead atoms. The van der Waals surface area contributed by atoms with Gasteiger partial charge in [0, 0.05) is 17.8 Å². The fourth-order valence-corrected chi connectivity index (χ4v) is 2.92. The second kappa shape index (κ2) is 7.98. The number of carbonyl (C=O) groups is 1. The number of pyridine rings is 1. The van der Waals surface area contributed by atoms with Gasteiger partial charge in [-0.15, -0.1) is 0 Å². The highest BCUT2D eigenvalue weighted by atomic mass is 16.5. The fourth-order valence-electron chi connectivity index (χ4n) is 2.92. The fraction of sp³-hybridized carbons (Fsp3) is 0.0870. The third-order valence-electron chi connectivity index (χ3n) is 4.45. The summed E-state index contributed by atoms with van der Waals surface area (Å²) in [4.78, 5) is 29.2. The summed E-state index contributed by atoms with van der Waals surface area (Å²) in [6.07, 6.45) is 1.67. The van der Waals surface area contributed by atoms with E-state index in [2.05, 4.69) is 10.3 Å². The summed E-state index contributed by atoms with van der Waals surface area (Å²) < 4.78 is 7.33. The van der Waals surface area contributed by atoms with E-state index in [4.69, 9.17) is 4.74 Å². The molecule has 0 saturated heterocycles. The Morgan fingerprint density at radius 3 is 2.62 bits per heavy atom. The molecule has 2 heterocycles. The van der Waals surface area contributed by atoms with Crippen LogP contribution in [0.2, 0.25) is 0 Å². The van der Waals surface area contributed by atoms with Gasteiger partial charge in [-0.2, -0.15) is 0 Å². The molecule has 2 aromatic heterocycles. The Hall–Kier alpha value is -3.93. The molecule has 0 aliphatic heterocycles. The van der Waals surface area contributed by atoms with Gasteiger partial charge in [0.25, 0.3) is 11.5 Å². The van der Waals surface area contributed by atoms with Crippen LogP contribution in [0.25, 0.3) is 5.65 Å². The van der Waals surface area contributed by atoms with Gasteiger partial charge in [0.2, 0.25) is 0 Å². The van der Waals surface area contributed by atoms with Gasteiger partial charge in [0.15, 0.2) is 0 Å². The number of carbonyl (C=O) groups excluding carboxylic acids is 1. The van der Waals surface area contributed by atoms with Gasteiger partial charge in [-0.25, -0.2) is 4.98 Å². The average molecular weight is 385 g/mol. The number of para-hydroxylation sites is 2. The molecule has 1 N–H and O–H groups in total. The smallest absolute Gasteiger partial charge is 0.258 e. The first kappa shape index (κ1) is 18.4. The Morgan fingerprint density at radius 2 is 1.79 bits per heavy atom. The zero-order chi connectivity index (χ0) is 20.2. The van der Waals surface area contributed by atoms with Crippen LogP contribution in [0.1, 0.15) is 21.6 Å². The Bertz CT molecular complexity index is 1230. The van der Waals surface area contributed by atoms with Crippen LogP contribution in [0.3, 0.4) is 0 Å². The van der Waals surface area contributed by atoms with E-state index in [9.17, 15) is 9.59 Å². The quantitative estimate of drug-likeness (QED) is 0.567. The summed E-state index contributed by atoms with van der Waals surface area (Å²) in [5, 5.41) is 2.87. The molecule has 0 radical (unpaired) electrons. The molecule has 0 aliphatic carbocycles. The topological polar surface area (TPSA) is 72.7 Å². The number of ether oxygens (including phenoxy) is 1. The largest absolute Gasteiger partial charge is 0.485 e. The lowest BCUT2D eigenvalue weighted by Crippen LogP contribution is -2.16. The maximum Gasteiger partial charge on any atom is 0.258 e. The summed E-state index contributed by atoms with van der Waals surface area (Å²) in [5.41, 5.74) is 3.10. The monoisotopic (exact) mass is 385 g/mol. The molecule has 2 aromatic carbocycles. The summed E-state index contributed by atoms with van der Waals surface area (Å²) in [6, 6.07) is 21.3. The van der Waals surface area contributed by atoms with E-state index in [-0.39, 0.29) is 18.1 Å². The number of aromatic nitrogens is 2. The van der Waals surface area contributed by atoms with Crippen molar-refractivity contribution < 1.29 is 9.53 Å². The summed E-state index contributed by atoms with van der Waals surface area (Å²) in [5.74, 6) is 0.283. The highest BCUT2D eigenvalue weighted by molar-refractivity contribution is 6.05. The normalized spacial score (nSPS) is 10.7. The molecular formula is C23H19N3O3. The summed E-state index contributed by atoms with van der Waals surface area (Å²) in [7, 11) is 0. The maximum atomic E-state index is 12.5. The number of aryl methyl sites for hydroxylation is 1. The van der Waals surface area contributed by atoms with Crippen LogP contribution < -0.4 is 15.6 Å². The van der Waals surface area contributed by atoms with Crippen molar-refractivity contribution >= 4 is 17.2 Å². The molecule has 0 atom stereocenters. The number of fused-ring (bicyclic) bond motifs is 1. The van der Waals surface area contributed by atoms with E-state index in [0.29, 0.717) is 28.3 Å². The molecule has 6 nitrogen and oxygen atoms in total. The molecule has 4 aromatic rings. The molecule has 4 rings (SSSR count). The van der Waals surface area contributed by atoms with Crippen LogP contribution in [0.15, 0.2) is 83.8 Å². The Labute approximate surface area is 167 Å². The molecular weight excluding hydrogens is 366 g/mol. The zero-order valence-corrected chi connectivity index (χ0v) is 15.8. The predicted octanol–water partition coefficient (Wildman–Crippen LogP) is 3.83. The molecule has 6 heteroatoms. The number of nitrogens with one attached hydrogen (secondary N) is 1. The van der Waals surface area contributed by atoms with E-state index in [1.54, 1.807) is 42.6 Å². The first-order chi connectivity index (χ1) is 14.1. The van der Waals surface area contributed by atoms with E-state index < -0.39 is 0 Å². The van der Waals surface area contributed by atoms with Crippen molar-refractivity contribution in [2.45, 2.75) is 13.5 Å². The average Bonchev–Trinajstić information content (AvgIpc) is 2.73. The molecule has 0 fully saturated rings. The van der Waals surface area contributed by atoms with E-state index in [1.807, 2.05) is 37.3 Å². The lowest BCUT2D eigenvalue weighted by atomic mass is 10.1. The standard InChI is InChI=1S/C23H19N3O3/c1-16-9-11-17(12-10-16)23(28)25-19-6-2-3-7-20(19)29-15-18-14-22(27)26-13-5-4-8-21(26)24-18/h2-14H,15H2,1H3,(H,25,28). The molecule has 144 valence electrons. The second-order valence-corrected chi connectivity index (χ2v) is 6.62. The van der Waals surface area contributed by atoms with Gasteiger partial charge in [0.1, 0.15) is 18.0 Å². The van der Waals surface area contributed by atoms with Crippen molar-refractivity contribution in [2.75, 3.05) is 5.32 Å². The van der Waals surface area contributed by atoms with Gasteiger partial charge in [-0.1, -0.05) is 35.9 Å². The first-order valence-corrected chi connectivity index (χ1v) is 9.17. The van der Waals surface area contributed by atoms with Crippen molar-refractivity contribution in [2.24, 2.45) is 0 Å². The molecule has 29 heavy (non-hydrogen) atoms. The second-order valence-electron chi connectivity index (χ2n) is 6.62. The number of hydrogen-bond acceptors (Lipinski definition) is 4. The van der Waals surface area contributed by atoms with Crippen molar-refractivity contribution in [1.29, 1.82) is 0 Å². The van der Waals surface area contributed by atoms with Gasteiger partial charge < -0.3 is 10.1 Å². The number of hydrogen-bond donors (Lipinski definition) is 1. The third kappa shape index (κ3) is 4.16. The first-order valence-electron chi connectivity index (χ1n) is 9.17. The number of amides is 1. The van der Waals surface area contributed by atoms with Crippen LogP contribution in [-0.2, 0) is 6.61 Å². The number of anilines is 1. The molecule has 0 aliphatic rings. The summed E-state index contributed by atoms with van der Waals surface area (Å²) in [6.45, 7) is 2.08. The maximum absolute atomic E-state index is 12.5. The molecule has 0 unspecified atom stereocenters. The number of benzene rings is 2. The third-order valence-corrected chi connectivity index (χ3v) is 4.45. The molecule has 0 saturated carbocycles. The van der Waals surface area contributed by atoms with Gasteiger partial charge in [-0.05, 0) is 43.3 Å².